The first kappa shape index (κ1) is 14.8. The number of carbonyl (C=O) groups excluding carboxylic acids is 1. The number of anilines is 1. The normalized spacial score (nSPS) is 22.1. The summed E-state index contributed by atoms with van der Waals surface area (Å²) in [5.74, 6) is 0.632. The molecule has 0 saturated carbocycles. The van der Waals surface area contributed by atoms with Gasteiger partial charge in [0.1, 0.15) is 10.5 Å². The van der Waals surface area contributed by atoms with Crippen molar-refractivity contribution in [3.8, 4) is 5.75 Å². The Labute approximate surface area is 132 Å². The number of amides is 1. The van der Waals surface area contributed by atoms with Crippen LogP contribution >= 0.6 is 0 Å². The van der Waals surface area contributed by atoms with Gasteiger partial charge in [-0.2, -0.15) is 0 Å². The smallest absolute Gasteiger partial charge is 0.247 e. The molecule has 1 aliphatic rings. The average Bonchev–Trinajstić information content (AvgIpc) is 2.59. The number of carbonyl (C=O) groups is 1. The van der Waals surface area contributed by atoms with E-state index in [0.29, 0.717) is 11.4 Å². The first-order chi connectivity index (χ1) is 10.6. The highest BCUT2D eigenvalue weighted by atomic mass is 32.2. The zero-order valence-corrected chi connectivity index (χ0v) is 13.3. The quantitative estimate of drug-likeness (QED) is 0.815. The summed E-state index contributed by atoms with van der Waals surface area (Å²) in [6, 6.07) is 16.4. The lowest BCUT2D eigenvalue weighted by Gasteiger charge is -2.45. The van der Waals surface area contributed by atoms with Crippen LogP contribution in [0, 0.1) is 0 Å². The van der Waals surface area contributed by atoms with Crippen molar-refractivity contribution in [1.29, 1.82) is 0 Å². The molecule has 1 fully saturated rings. The lowest BCUT2D eigenvalue weighted by atomic mass is 9.99. The summed E-state index contributed by atoms with van der Waals surface area (Å²) in [5.41, 5.74) is 0.799. The monoisotopic (exact) mass is 315 g/mol. The van der Waals surface area contributed by atoms with Crippen LogP contribution in [0.4, 0.5) is 5.69 Å². The molecule has 0 spiro atoms. The van der Waals surface area contributed by atoms with Crippen LogP contribution in [0.1, 0.15) is 6.92 Å². The standard InChI is InChI=1S/C17H17NO3S/c1-17(22(20)15-6-4-3-5-7-15)12-18(16(17)19)13-8-10-14(21-2)11-9-13/h3-11H,12H2,1-2H3. The number of methoxy groups -OCH3 is 1. The van der Waals surface area contributed by atoms with Crippen molar-refractivity contribution in [3.63, 3.8) is 0 Å². The number of hydrogen-bond donors (Lipinski definition) is 0. The van der Waals surface area contributed by atoms with E-state index in [1.165, 1.54) is 0 Å². The molecule has 1 saturated heterocycles. The largest absolute Gasteiger partial charge is 0.497 e. The van der Waals surface area contributed by atoms with Crippen molar-refractivity contribution in [2.45, 2.75) is 16.6 Å². The zero-order valence-electron chi connectivity index (χ0n) is 12.5. The summed E-state index contributed by atoms with van der Waals surface area (Å²) in [7, 11) is 0.248. The van der Waals surface area contributed by atoms with Gasteiger partial charge in [-0.25, -0.2) is 0 Å². The minimum atomic E-state index is -1.35. The van der Waals surface area contributed by atoms with E-state index in [1.54, 1.807) is 31.1 Å². The third-order valence-corrected chi connectivity index (χ3v) is 5.73. The summed E-state index contributed by atoms with van der Waals surface area (Å²) < 4.78 is 16.9. The number of hydrogen-bond acceptors (Lipinski definition) is 3. The fourth-order valence-electron chi connectivity index (χ4n) is 2.55. The second-order valence-corrected chi connectivity index (χ2v) is 7.31. The second kappa shape index (κ2) is 5.57. The van der Waals surface area contributed by atoms with Crippen LogP contribution in [-0.4, -0.2) is 28.5 Å². The fraction of sp³-hybridized carbons (Fsp3) is 0.235. The molecule has 3 rings (SSSR count). The maximum Gasteiger partial charge on any atom is 0.247 e. The Balaban J connectivity index is 1.79. The Morgan fingerprint density at radius 2 is 1.73 bits per heavy atom. The molecular formula is C17H17NO3S. The summed E-state index contributed by atoms with van der Waals surface area (Å²) in [4.78, 5) is 14.9. The predicted molar refractivity (Wildman–Crippen MR) is 86.6 cm³/mol. The second-order valence-electron chi connectivity index (χ2n) is 5.40. The van der Waals surface area contributed by atoms with Crippen molar-refractivity contribution in [2.24, 2.45) is 0 Å². The van der Waals surface area contributed by atoms with Crippen LogP contribution in [0.2, 0.25) is 0 Å². The number of nitrogens with zero attached hydrogens (tertiary/aromatic N) is 1. The maximum atomic E-state index is 12.7. The number of β-lactam (4-membered cyclic amide) rings is 1. The summed E-state index contributed by atoms with van der Waals surface area (Å²) in [5, 5.41) is 0. The van der Waals surface area contributed by atoms with Crippen LogP contribution in [0.3, 0.4) is 0 Å². The van der Waals surface area contributed by atoms with Gasteiger partial charge in [0.2, 0.25) is 5.91 Å². The highest BCUT2D eigenvalue weighted by molar-refractivity contribution is 7.87. The molecule has 0 bridgehead atoms. The summed E-state index contributed by atoms with van der Waals surface area (Å²) in [6.45, 7) is 2.21. The van der Waals surface area contributed by atoms with Gasteiger partial charge in [-0.05, 0) is 43.3 Å². The third-order valence-electron chi connectivity index (χ3n) is 3.91. The molecule has 114 valence electrons. The Morgan fingerprint density at radius 1 is 1.09 bits per heavy atom. The third kappa shape index (κ3) is 2.31. The van der Waals surface area contributed by atoms with E-state index in [2.05, 4.69) is 0 Å². The van der Waals surface area contributed by atoms with Crippen LogP contribution in [0.5, 0.6) is 5.75 Å². The molecule has 1 aliphatic heterocycles. The Bertz CT molecular complexity index is 714. The number of ether oxygens (including phenoxy) is 1. The number of rotatable bonds is 4. The topological polar surface area (TPSA) is 46.6 Å². The lowest BCUT2D eigenvalue weighted by molar-refractivity contribution is -0.124. The van der Waals surface area contributed by atoms with Crippen LogP contribution in [0.15, 0.2) is 59.5 Å². The predicted octanol–water partition coefficient (Wildman–Crippen LogP) is 2.61. The van der Waals surface area contributed by atoms with E-state index in [4.69, 9.17) is 4.74 Å². The van der Waals surface area contributed by atoms with Gasteiger partial charge in [0.25, 0.3) is 0 Å². The first-order valence-corrected chi connectivity index (χ1v) is 8.14. The molecule has 0 N–H and O–H groups in total. The lowest BCUT2D eigenvalue weighted by Crippen LogP contribution is -2.67. The zero-order chi connectivity index (χ0) is 15.7. The first-order valence-electron chi connectivity index (χ1n) is 6.99. The van der Waals surface area contributed by atoms with Gasteiger partial charge in [0, 0.05) is 10.6 Å². The molecule has 2 aromatic carbocycles. The molecule has 0 aromatic heterocycles. The molecule has 0 aliphatic carbocycles. The van der Waals surface area contributed by atoms with Gasteiger partial charge < -0.3 is 9.64 Å². The van der Waals surface area contributed by atoms with Crippen molar-refractivity contribution in [3.05, 3.63) is 54.6 Å². The van der Waals surface area contributed by atoms with Crippen LogP contribution in [0.25, 0.3) is 0 Å². The van der Waals surface area contributed by atoms with E-state index >= 15 is 0 Å². The Hall–Kier alpha value is -2.14. The van der Waals surface area contributed by atoms with E-state index in [1.807, 2.05) is 42.5 Å². The van der Waals surface area contributed by atoms with Crippen LogP contribution < -0.4 is 9.64 Å². The van der Waals surface area contributed by atoms with Crippen molar-refractivity contribution < 1.29 is 13.7 Å². The van der Waals surface area contributed by atoms with E-state index in [9.17, 15) is 9.00 Å². The molecule has 4 nitrogen and oxygen atoms in total. The summed E-state index contributed by atoms with van der Waals surface area (Å²) >= 11 is 0. The minimum Gasteiger partial charge on any atom is -0.497 e. The van der Waals surface area contributed by atoms with Gasteiger partial charge in [-0.15, -0.1) is 0 Å². The molecule has 2 aromatic rings. The Morgan fingerprint density at radius 3 is 2.27 bits per heavy atom. The van der Waals surface area contributed by atoms with Gasteiger partial charge in [-0.1, -0.05) is 18.2 Å². The van der Waals surface area contributed by atoms with E-state index in [-0.39, 0.29) is 5.91 Å². The highest BCUT2D eigenvalue weighted by Gasteiger charge is 2.53. The number of benzene rings is 2. The van der Waals surface area contributed by atoms with E-state index in [0.717, 1.165) is 11.4 Å². The molecule has 22 heavy (non-hydrogen) atoms. The van der Waals surface area contributed by atoms with Crippen LogP contribution in [-0.2, 0) is 15.6 Å². The molecule has 5 heteroatoms. The van der Waals surface area contributed by atoms with Gasteiger partial charge in [0.15, 0.2) is 0 Å². The van der Waals surface area contributed by atoms with Crippen molar-refractivity contribution >= 4 is 22.4 Å². The highest BCUT2D eigenvalue weighted by Crippen LogP contribution is 2.36. The van der Waals surface area contributed by atoms with Gasteiger partial charge in [0.05, 0.1) is 24.5 Å². The molecular weight excluding hydrogens is 298 g/mol. The maximum absolute atomic E-state index is 12.7. The van der Waals surface area contributed by atoms with Crippen molar-refractivity contribution in [2.75, 3.05) is 18.6 Å². The fourth-order valence-corrected chi connectivity index (χ4v) is 3.99. The minimum absolute atomic E-state index is 0.111. The molecule has 1 heterocycles. The van der Waals surface area contributed by atoms with Gasteiger partial charge >= 0.3 is 0 Å². The molecule has 2 atom stereocenters. The molecule has 2 unspecified atom stereocenters. The summed E-state index contributed by atoms with van der Waals surface area (Å²) in [6.07, 6.45) is 0. The van der Waals surface area contributed by atoms with Crippen molar-refractivity contribution in [1.82, 2.24) is 0 Å². The van der Waals surface area contributed by atoms with E-state index < -0.39 is 15.5 Å². The van der Waals surface area contributed by atoms with Gasteiger partial charge in [-0.3, -0.25) is 9.00 Å². The molecule has 0 radical (unpaired) electrons. The molecule has 1 amide bonds. The SMILES string of the molecule is COc1ccc(N2CC(C)(S(=O)c3ccccc3)C2=O)cc1. The average molecular weight is 315 g/mol. The Kier molecular flexibility index (Phi) is 3.74.